The zero-order valence-electron chi connectivity index (χ0n) is 11.1. The number of hydrogen-bond acceptors (Lipinski definition) is 3. The maximum absolute atomic E-state index is 11.3. The van der Waals surface area contributed by atoms with Gasteiger partial charge in [-0.1, -0.05) is 42.5 Å². The van der Waals surface area contributed by atoms with Crippen molar-refractivity contribution in [2.75, 3.05) is 0 Å². The molecule has 3 rings (SSSR count). The van der Waals surface area contributed by atoms with E-state index < -0.39 is 0 Å². The number of hydrogen-bond donors (Lipinski definition) is 0. The lowest BCUT2D eigenvalue weighted by Gasteiger charge is -2.25. The molecule has 100 valence electrons. The van der Waals surface area contributed by atoms with Crippen molar-refractivity contribution in [1.82, 2.24) is 0 Å². The summed E-state index contributed by atoms with van der Waals surface area (Å²) in [4.78, 5) is 11.3. The van der Waals surface area contributed by atoms with E-state index in [1.807, 2.05) is 60.7 Å². The largest absolute Gasteiger partial charge is 0.481 e. The molecule has 1 atom stereocenters. The fourth-order valence-corrected chi connectivity index (χ4v) is 2.22. The zero-order chi connectivity index (χ0) is 13.9. The van der Waals surface area contributed by atoms with Crippen LogP contribution < -0.4 is 4.74 Å². The lowest BCUT2D eigenvalue weighted by Crippen LogP contribution is -2.13. The SMILES string of the molecule is CC(=O)OC1=C[C@H](c2ccccc2)Oc2ccccc21. The summed E-state index contributed by atoms with van der Waals surface area (Å²) in [5.41, 5.74) is 1.82. The zero-order valence-corrected chi connectivity index (χ0v) is 11.1. The molecule has 2 aromatic carbocycles. The second kappa shape index (κ2) is 5.21. The number of fused-ring (bicyclic) bond motifs is 1. The highest BCUT2D eigenvalue weighted by Gasteiger charge is 2.23. The van der Waals surface area contributed by atoms with Crippen LogP contribution in [0, 0.1) is 0 Å². The normalized spacial score (nSPS) is 16.6. The third kappa shape index (κ3) is 2.43. The Kier molecular flexibility index (Phi) is 3.25. The van der Waals surface area contributed by atoms with E-state index >= 15 is 0 Å². The molecule has 0 spiro atoms. The van der Waals surface area contributed by atoms with Crippen LogP contribution >= 0.6 is 0 Å². The highest BCUT2D eigenvalue weighted by Crippen LogP contribution is 2.37. The number of carbonyl (C=O) groups is 1. The fraction of sp³-hybridized carbons (Fsp3) is 0.118. The smallest absolute Gasteiger partial charge is 0.308 e. The van der Waals surface area contributed by atoms with Gasteiger partial charge in [-0.3, -0.25) is 4.79 Å². The molecule has 0 saturated heterocycles. The van der Waals surface area contributed by atoms with Crippen molar-refractivity contribution < 1.29 is 14.3 Å². The number of para-hydroxylation sites is 1. The lowest BCUT2D eigenvalue weighted by molar-refractivity contribution is -0.134. The molecule has 3 nitrogen and oxygen atoms in total. The first kappa shape index (κ1) is 12.5. The van der Waals surface area contributed by atoms with Gasteiger partial charge in [0.1, 0.15) is 17.6 Å². The molecule has 0 unspecified atom stereocenters. The van der Waals surface area contributed by atoms with Gasteiger partial charge in [-0.2, -0.15) is 0 Å². The summed E-state index contributed by atoms with van der Waals surface area (Å²) in [6.45, 7) is 1.40. The minimum Gasteiger partial charge on any atom is -0.481 e. The van der Waals surface area contributed by atoms with Crippen LogP contribution in [0.25, 0.3) is 5.76 Å². The maximum atomic E-state index is 11.3. The van der Waals surface area contributed by atoms with Crippen LogP contribution in [0.3, 0.4) is 0 Å². The van der Waals surface area contributed by atoms with E-state index in [9.17, 15) is 4.79 Å². The molecule has 1 aliphatic heterocycles. The first-order valence-electron chi connectivity index (χ1n) is 6.45. The van der Waals surface area contributed by atoms with Crippen LogP contribution in [0.15, 0.2) is 60.7 Å². The number of carbonyl (C=O) groups excluding carboxylic acids is 1. The molecule has 1 aliphatic rings. The van der Waals surface area contributed by atoms with Gasteiger partial charge in [0.05, 0.1) is 5.56 Å². The third-order valence-corrected chi connectivity index (χ3v) is 3.09. The molecule has 0 N–H and O–H groups in total. The maximum Gasteiger partial charge on any atom is 0.308 e. The Labute approximate surface area is 117 Å². The van der Waals surface area contributed by atoms with E-state index in [0.29, 0.717) is 5.76 Å². The minimum atomic E-state index is -0.334. The van der Waals surface area contributed by atoms with E-state index in [1.54, 1.807) is 0 Å². The molecule has 0 amide bonds. The molecule has 1 heterocycles. The monoisotopic (exact) mass is 266 g/mol. The van der Waals surface area contributed by atoms with Crippen molar-refractivity contribution in [2.45, 2.75) is 13.0 Å². The van der Waals surface area contributed by atoms with Crippen molar-refractivity contribution >= 4 is 11.7 Å². The first-order chi connectivity index (χ1) is 9.74. The van der Waals surface area contributed by atoms with Gasteiger partial charge in [-0.15, -0.1) is 0 Å². The van der Waals surface area contributed by atoms with Gasteiger partial charge in [0, 0.05) is 13.0 Å². The first-order valence-corrected chi connectivity index (χ1v) is 6.45. The summed E-state index contributed by atoms with van der Waals surface area (Å²) >= 11 is 0. The van der Waals surface area contributed by atoms with Gasteiger partial charge in [0.2, 0.25) is 0 Å². The van der Waals surface area contributed by atoms with Gasteiger partial charge >= 0.3 is 5.97 Å². The lowest BCUT2D eigenvalue weighted by atomic mass is 10.0. The number of rotatable bonds is 2. The summed E-state index contributed by atoms with van der Waals surface area (Å²) in [6, 6.07) is 17.4. The quantitative estimate of drug-likeness (QED) is 0.777. The van der Waals surface area contributed by atoms with Crippen molar-refractivity contribution in [3.8, 4) is 5.75 Å². The highest BCUT2D eigenvalue weighted by atomic mass is 16.5. The van der Waals surface area contributed by atoms with Crippen LogP contribution in [0.1, 0.15) is 24.2 Å². The molecular weight excluding hydrogens is 252 g/mol. The highest BCUT2D eigenvalue weighted by molar-refractivity contribution is 5.79. The Balaban J connectivity index is 2.02. The number of benzene rings is 2. The molecule has 0 bridgehead atoms. The minimum absolute atomic E-state index is 0.250. The van der Waals surface area contributed by atoms with Gasteiger partial charge in [-0.25, -0.2) is 0 Å². The second-order valence-electron chi connectivity index (χ2n) is 4.57. The molecule has 0 radical (unpaired) electrons. The molecule has 3 heteroatoms. The average Bonchev–Trinajstić information content (AvgIpc) is 2.47. The number of esters is 1. The van der Waals surface area contributed by atoms with Crippen molar-refractivity contribution in [1.29, 1.82) is 0 Å². The van der Waals surface area contributed by atoms with Gasteiger partial charge < -0.3 is 9.47 Å². The summed E-state index contributed by atoms with van der Waals surface area (Å²) in [6.07, 6.45) is 1.58. The Morgan fingerprint density at radius 2 is 1.75 bits per heavy atom. The Bertz CT molecular complexity index is 659. The van der Waals surface area contributed by atoms with Crippen molar-refractivity contribution in [3.63, 3.8) is 0 Å². The third-order valence-electron chi connectivity index (χ3n) is 3.09. The van der Waals surface area contributed by atoms with Crippen molar-refractivity contribution in [2.24, 2.45) is 0 Å². The van der Waals surface area contributed by atoms with E-state index in [0.717, 1.165) is 16.9 Å². The van der Waals surface area contributed by atoms with Crippen LogP contribution in [0.4, 0.5) is 0 Å². The summed E-state index contributed by atoms with van der Waals surface area (Å²) in [5, 5.41) is 0. The molecule has 2 aromatic rings. The van der Waals surface area contributed by atoms with Crippen LogP contribution in [-0.4, -0.2) is 5.97 Å². The van der Waals surface area contributed by atoms with Gasteiger partial charge in [0.25, 0.3) is 0 Å². The predicted octanol–water partition coefficient (Wildman–Crippen LogP) is 3.72. The van der Waals surface area contributed by atoms with Crippen LogP contribution in [-0.2, 0) is 9.53 Å². The number of ether oxygens (including phenoxy) is 2. The van der Waals surface area contributed by atoms with E-state index in [1.165, 1.54) is 6.92 Å². The molecular formula is C17H14O3. The average molecular weight is 266 g/mol. The second-order valence-corrected chi connectivity index (χ2v) is 4.57. The molecule has 0 fully saturated rings. The molecule has 0 aromatic heterocycles. The van der Waals surface area contributed by atoms with Gasteiger partial charge in [-0.05, 0) is 17.7 Å². The van der Waals surface area contributed by atoms with E-state index in [4.69, 9.17) is 9.47 Å². The summed E-state index contributed by atoms with van der Waals surface area (Å²) < 4.78 is 11.3. The van der Waals surface area contributed by atoms with E-state index in [-0.39, 0.29) is 12.1 Å². The molecule has 0 aliphatic carbocycles. The Morgan fingerprint density at radius 3 is 2.50 bits per heavy atom. The fourth-order valence-electron chi connectivity index (χ4n) is 2.22. The van der Waals surface area contributed by atoms with E-state index in [2.05, 4.69) is 0 Å². The summed E-state index contributed by atoms with van der Waals surface area (Å²) in [5.74, 6) is 0.938. The Hall–Kier alpha value is -2.55. The van der Waals surface area contributed by atoms with Crippen molar-refractivity contribution in [3.05, 3.63) is 71.8 Å². The molecule has 0 saturated carbocycles. The molecule has 20 heavy (non-hydrogen) atoms. The van der Waals surface area contributed by atoms with Gasteiger partial charge in [0.15, 0.2) is 0 Å². The van der Waals surface area contributed by atoms with Crippen LogP contribution in [0.5, 0.6) is 5.75 Å². The van der Waals surface area contributed by atoms with Crippen LogP contribution in [0.2, 0.25) is 0 Å². The topological polar surface area (TPSA) is 35.5 Å². The predicted molar refractivity (Wildman–Crippen MR) is 76.0 cm³/mol. The summed E-state index contributed by atoms with van der Waals surface area (Å²) in [7, 11) is 0. The Morgan fingerprint density at radius 1 is 1.05 bits per heavy atom. The standard InChI is InChI=1S/C17H14O3/c1-12(18)19-17-11-16(13-7-3-2-4-8-13)20-15-10-6-5-9-14(15)17/h2-11,16H,1H3/t16-/m1/s1.